The monoisotopic (exact) mass is 532 g/mol. The molecule has 1 aliphatic rings. The lowest BCUT2D eigenvalue weighted by Gasteiger charge is -2.36. The van der Waals surface area contributed by atoms with Gasteiger partial charge in [-0.1, -0.05) is 24.3 Å². The molecular weight excluding hydrogens is 503 g/mol. The summed E-state index contributed by atoms with van der Waals surface area (Å²) in [7, 11) is -0.994. The molecule has 1 N–H and O–H groups in total. The molecule has 1 aromatic heterocycles. The maximum atomic E-state index is 12.4. The van der Waals surface area contributed by atoms with Crippen molar-refractivity contribution in [2.45, 2.75) is 18.4 Å². The lowest BCUT2D eigenvalue weighted by Crippen LogP contribution is -2.52. The van der Waals surface area contributed by atoms with Crippen molar-refractivity contribution in [3.05, 3.63) is 52.7 Å². The number of hydrogen-bond acceptors (Lipinski definition) is 4. The van der Waals surface area contributed by atoms with Crippen LogP contribution in [0.1, 0.15) is 11.8 Å². The first kappa shape index (κ1) is 23.3. The van der Waals surface area contributed by atoms with Gasteiger partial charge in [0.05, 0.1) is 17.3 Å². The van der Waals surface area contributed by atoms with Crippen molar-refractivity contribution < 1.29 is 4.21 Å². The molecule has 0 aliphatic carbocycles. The number of rotatable bonds is 7. The minimum atomic E-state index is -0.994. The van der Waals surface area contributed by atoms with Crippen LogP contribution >= 0.6 is 35.3 Å². The first-order valence-corrected chi connectivity index (χ1v) is 11.7. The third-order valence-electron chi connectivity index (χ3n) is 4.51. The van der Waals surface area contributed by atoms with Crippen molar-refractivity contribution in [2.24, 2.45) is 4.99 Å². The summed E-state index contributed by atoms with van der Waals surface area (Å²) >= 11 is 1.82. The van der Waals surface area contributed by atoms with Crippen LogP contribution in [0.4, 0.5) is 0 Å². The quantitative estimate of drug-likeness (QED) is 0.338. The molecule has 0 spiro atoms. The highest BCUT2D eigenvalue weighted by atomic mass is 127. The van der Waals surface area contributed by atoms with Gasteiger partial charge in [-0.3, -0.25) is 14.1 Å². The summed E-state index contributed by atoms with van der Waals surface area (Å²) in [6, 6.07) is 13.9. The standard InChI is InChI=1S/C20H28N4OS2.HI/c1-2-21-20(22-10-16-27(25)19-8-4-3-5-9-19)24-13-11-23(12-14-24)17-18-7-6-15-26-18;/h3-9,15H,2,10-14,16-17H2,1H3,(H,21,22);1H. The zero-order valence-electron chi connectivity index (χ0n) is 16.3. The maximum Gasteiger partial charge on any atom is 0.194 e. The second-order valence-corrected chi connectivity index (χ2v) is 9.04. The van der Waals surface area contributed by atoms with Gasteiger partial charge < -0.3 is 10.2 Å². The summed E-state index contributed by atoms with van der Waals surface area (Å²) in [4.78, 5) is 11.8. The van der Waals surface area contributed by atoms with Crippen LogP contribution in [0.15, 0.2) is 57.7 Å². The highest BCUT2D eigenvalue weighted by Gasteiger charge is 2.19. The highest BCUT2D eigenvalue weighted by molar-refractivity contribution is 14.0. The molecule has 28 heavy (non-hydrogen) atoms. The summed E-state index contributed by atoms with van der Waals surface area (Å²) in [5, 5.41) is 5.53. The predicted octanol–water partition coefficient (Wildman–Crippen LogP) is 3.26. The number of guanidine groups is 1. The Morgan fingerprint density at radius 3 is 2.54 bits per heavy atom. The summed E-state index contributed by atoms with van der Waals surface area (Å²) < 4.78 is 12.4. The molecule has 8 heteroatoms. The van der Waals surface area contributed by atoms with Crippen LogP contribution in [-0.2, 0) is 17.3 Å². The smallest absolute Gasteiger partial charge is 0.194 e. The van der Waals surface area contributed by atoms with Gasteiger partial charge in [-0.15, -0.1) is 35.3 Å². The Morgan fingerprint density at radius 2 is 1.89 bits per heavy atom. The second-order valence-electron chi connectivity index (χ2n) is 6.44. The van der Waals surface area contributed by atoms with Gasteiger partial charge in [0.25, 0.3) is 0 Å². The number of aliphatic imine (C=N–C) groups is 1. The Morgan fingerprint density at radius 1 is 1.14 bits per heavy atom. The largest absolute Gasteiger partial charge is 0.357 e. The van der Waals surface area contributed by atoms with Crippen molar-refractivity contribution in [3.63, 3.8) is 0 Å². The van der Waals surface area contributed by atoms with Crippen LogP contribution in [0.3, 0.4) is 0 Å². The zero-order valence-corrected chi connectivity index (χ0v) is 20.2. The van der Waals surface area contributed by atoms with E-state index in [1.165, 1.54) is 4.88 Å². The van der Waals surface area contributed by atoms with E-state index in [0.717, 1.165) is 50.1 Å². The molecule has 2 heterocycles. The fourth-order valence-electron chi connectivity index (χ4n) is 3.09. The van der Waals surface area contributed by atoms with E-state index >= 15 is 0 Å². The van der Waals surface area contributed by atoms with Gasteiger partial charge in [0.1, 0.15) is 0 Å². The normalized spacial score (nSPS) is 16.5. The molecule has 5 nitrogen and oxygen atoms in total. The molecule has 0 bridgehead atoms. The lowest BCUT2D eigenvalue weighted by molar-refractivity contribution is 0.174. The SMILES string of the molecule is CCNC(=NCCS(=O)c1ccccc1)N1CCN(Cc2cccs2)CC1.I. The van der Waals surface area contributed by atoms with E-state index in [1.807, 2.05) is 41.7 Å². The number of halogens is 1. The Hall–Kier alpha value is -0.970. The van der Waals surface area contributed by atoms with Crippen LogP contribution in [0.25, 0.3) is 0 Å². The van der Waals surface area contributed by atoms with E-state index < -0.39 is 10.8 Å². The number of benzene rings is 1. The number of nitrogens with zero attached hydrogens (tertiary/aromatic N) is 3. The molecule has 1 fully saturated rings. The molecule has 1 unspecified atom stereocenters. The van der Waals surface area contributed by atoms with Crippen LogP contribution in [-0.4, -0.2) is 65.0 Å². The molecule has 1 saturated heterocycles. The molecule has 3 rings (SSSR count). The Bertz CT molecular complexity index is 732. The summed E-state index contributed by atoms with van der Waals surface area (Å²) in [6.45, 7) is 8.56. The average molecular weight is 533 g/mol. The Labute approximate surface area is 191 Å². The summed E-state index contributed by atoms with van der Waals surface area (Å²) in [5.41, 5.74) is 0. The van der Waals surface area contributed by atoms with E-state index in [0.29, 0.717) is 12.3 Å². The van der Waals surface area contributed by atoms with Gasteiger partial charge >= 0.3 is 0 Å². The fourth-order valence-corrected chi connectivity index (χ4v) is 4.79. The highest BCUT2D eigenvalue weighted by Crippen LogP contribution is 2.13. The molecule has 1 aliphatic heterocycles. The van der Waals surface area contributed by atoms with E-state index in [2.05, 4.69) is 39.6 Å². The van der Waals surface area contributed by atoms with Gasteiger partial charge in [0, 0.05) is 54.8 Å². The number of thiophene rings is 1. The van der Waals surface area contributed by atoms with Gasteiger partial charge in [0.15, 0.2) is 5.96 Å². The van der Waals surface area contributed by atoms with Crippen molar-refractivity contribution in [1.29, 1.82) is 0 Å². The Balaban J connectivity index is 0.00000280. The summed E-state index contributed by atoms with van der Waals surface area (Å²) in [5.74, 6) is 1.50. The molecule has 1 atom stereocenters. The third kappa shape index (κ3) is 7.13. The third-order valence-corrected chi connectivity index (χ3v) is 6.72. The van der Waals surface area contributed by atoms with Crippen molar-refractivity contribution >= 4 is 52.1 Å². The fraction of sp³-hybridized carbons (Fsp3) is 0.450. The van der Waals surface area contributed by atoms with Gasteiger partial charge in [-0.05, 0) is 30.5 Å². The molecule has 1 aromatic carbocycles. The minimum absolute atomic E-state index is 0. The minimum Gasteiger partial charge on any atom is -0.357 e. The average Bonchev–Trinajstić information content (AvgIpc) is 3.21. The van der Waals surface area contributed by atoms with Crippen molar-refractivity contribution in [1.82, 2.24) is 15.1 Å². The lowest BCUT2D eigenvalue weighted by atomic mass is 10.3. The van der Waals surface area contributed by atoms with Crippen LogP contribution in [0.5, 0.6) is 0 Å². The molecular formula is C20H29IN4OS2. The van der Waals surface area contributed by atoms with E-state index in [9.17, 15) is 4.21 Å². The van der Waals surface area contributed by atoms with Crippen LogP contribution < -0.4 is 5.32 Å². The number of nitrogens with one attached hydrogen (secondary N) is 1. The van der Waals surface area contributed by atoms with Crippen molar-refractivity contribution in [2.75, 3.05) is 45.0 Å². The van der Waals surface area contributed by atoms with E-state index in [4.69, 9.17) is 4.99 Å². The molecule has 2 aromatic rings. The summed E-state index contributed by atoms with van der Waals surface area (Å²) in [6.07, 6.45) is 0. The van der Waals surface area contributed by atoms with Gasteiger partial charge in [-0.2, -0.15) is 0 Å². The van der Waals surface area contributed by atoms with Crippen LogP contribution in [0.2, 0.25) is 0 Å². The Kier molecular flexibility index (Phi) is 10.5. The van der Waals surface area contributed by atoms with Gasteiger partial charge in [0.2, 0.25) is 0 Å². The molecule has 0 saturated carbocycles. The zero-order chi connectivity index (χ0) is 18.9. The van der Waals surface area contributed by atoms with E-state index in [-0.39, 0.29) is 24.0 Å². The topological polar surface area (TPSA) is 47.9 Å². The number of hydrogen-bond donors (Lipinski definition) is 1. The molecule has 0 radical (unpaired) electrons. The predicted molar refractivity (Wildman–Crippen MR) is 130 cm³/mol. The van der Waals surface area contributed by atoms with E-state index in [1.54, 1.807) is 0 Å². The first-order valence-electron chi connectivity index (χ1n) is 9.47. The molecule has 154 valence electrons. The second kappa shape index (κ2) is 12.6. The van der Waals surface area contributed by atoms with Crippen molar-refractivity contribution in [3.8, 4) is 0 Å². The van der Waals surface area contributed by atoms with Gasteiger partial charge in [-0.25, -0.2) is 0 Å². The number of piperazine rings is 1. The first-order chi connectivity index (χ1) is 13.3. The maximum absolute atomic E-state index is 12.4. The molecule has 0 amide bonds. The van der Waals surface area contributed by atoms with Crippen LogP contribution in [0, 0.1) is 0 Å².